The van der Waals surface area contributed by atoms with Crippen LogP contribution < -0.4 is 10.9 Å². The highest BCUT2D eigenvalue weighted by atomic mass is 16.2. The monoisotopic (exact) mass is 350 g/mol. The minimum absolute atomic E-state index is 0.155. The molecular weight excluding hydrogens is 324 g/mol. The number of amides is 1. The van der Waals surface area contributed by atoms with Gasteiger partial charge in [0.05, 0.1) is 6.17 Å². The van der Waals surface area contributed by atoms with Crippen LogP contribution in [0.5, 0.6) is 0 Å². The van der Waals surface area contributed by atoms with Crippen molar-refractivity contribution < 1.29 is 4.79 Å². The summed E-state index contributed by atoms with van der Waals surface area (Å²) in [6.45, 7) is 5.36. The molecule has 2 aromatic rings. The number of hydrogen-bond acceptors (Lipinski definition) is 4. The summed E-state index contributed by atoms with van der Waals surface area (Å²) in [6, 6.07) is 18.7. The Morgan fingerprint density at radius 2 is 1.62 bits per heavy atom. The van der Waals surface area contributed by atoms with Crippen molar-refractivity contribution in [1.82, 2.24) is 20.7 Å². The molecule has 0 bridgehead atoms. The molecule has 0 saturated carbocycles. The van der Waals surface area contributed by atoms with Gasteiger partial charge in [-0.05, 0) is 30.5 Å². The van der Waals surface area contributed by atoms with Crippen LogP contribution in [0.4, 0.5) is 0 Å². The van der Waals surface area contributed by atoms with Gasteiger partial charge >= 0.3 is 0 Å². The Bertz CT molecular complexity index is 756. The number of hydrazine groups is 1. The summed E-state index contributed by atoms with van der Waals surface area (Å²) in [5.74, 6) is 0.155. The zero-order valence-electron chi connectivity index (χ0n) is 15.2. The predicted octanol–water partition coefficient (Wildman–Crippen LogP) is 2.32. The van der Waals surface area contributed by atoms with Gasteiger partial charge in [-0.3, -0.25) is 9.69 Å². The van der Waals surface area contributed by atoms with Crippen LogP contribution in [0.15, 0.2) is 54.6 Å². The maximum absolute atomic E-state index is 12.8. The number of aryl methyl sites for hydroxylation is 1. The third kappa shape index (κ3) is 3.51. The van der Waals surface area contributed by atoms with Crippen LogP contribution in [0.3, 0.4) is 0 Å². The second-order valence-corrected chi connectivity index (χ2v) is 7.15. The molecule has 0 spiro atoms. The van der Waals surface area contributed by atoms with E-state index in [2.05, 4.69) is 40.0 Å². The lowest BCUT2D eigenvalue weighted by atomic mass is 10.0. The standard InChI is InChI=1S/C21H26N4O/c1-16-7-5-6-10-18(16)21(26)25-13-11-24(12-14-25)20-15-19(22-23-20)17-8-3-2-4-9-17/h2-10,19-20,22-23H,11-15H2,1H3. The topological polar surface area (TPSA) is 47.6 Å². The minimum atomic E-state index is 0.155. The molecule has 2 atom stereocenters. The predicted molar refractivity (Wildman–Crippen MR) is 103 cm³/mol. The number of piperazine rings is 1. The quantitative estimate of drug-likeness (QED) is 0.892. The zero-order valence-corrected chi connectivity index (χ0v) is 15.2. The molecule has 2 saturated heterocycles. The van der Waals surface area contributed by atoms with Crippen molar-refractivity contribution in [2.75, 3.05) is 26.2 Å². The van der Waals surface area contributed by atoms with E-state index >= 15 is 0 Å². The first kappa shape index (κ1) is 17.2. The molecule has 2 fully saturated rings. The Labute approximate surface area is 155 Å². The van der Waals surface area contributed by atoms with E-state index in [0.717, 1.165) is 43.7 Å². The molecule has 0 aromatic heterocycles. The average molecular weight is 350 g/mol. The summed E-state index contributed by atoms with van der Waals surface area (Å²) < 4.78 is 0. The first-order valence-corrected chi connectivity index (χ1v) is 9.37. The summed E-state index contributed by atoms with van der Waals surface area (Å²) in [6.07, 6.45) is 1.35. The van der Waals surface area contributed by atoms with Gasteiger partial charge in [0, 0.05) is 37.8 Å². The third-order valence-corrected chi connectivity index (χ3v) is 5.50. The first-order valence-electron chi connectivity index (χ1n) is 9.37. The second kappa shape index (κ2) is 7.58. The molecule has 2 aliphatic heterocycles. The van der Waals surface area contributed by atoms with Gasteiger partial charge in [0.2, 0.25) is 0 Å². The van der Waals surface area contributed by atoms with Gasteiger partial charge in [-0.25, -0.2) is 10.9 Å². The van der Waals surface area contributed by atoms with Gasteiger partial charge in [0.25, 0.3) is 5.91 Å². The van der Waals surface area contributed by atoms with Crippen LogP contribution >= 0.6 is 0 Å². The Kier molecular flexibility index (Phi) is 5.02. The van der Waals surface area contributed by atoms with E-state index in [0.29, 0.717) is 12.2 Å². The van der Waals surface area contributed by atoms with E-state index in [9.17, 15) is 4.79 Å². The molecule has 5 heteroatoms. The number of nitrogens with one attached hydrogen (secondary N) is 2. The lowest BCUT2D eigenvalue weighted by molar-refractivity contribution is 0.0544. The maximum Gasteiger partial charge on any atom is 0.254 e. The number of carbonyl (C=O) groups is 1. The Morgan fingerprint density at radius 3 is 2.35 bits per heavy atom. The van der Waals surface area contributed by atoms with Crippen molar-refractivity contribution in [3.63, 3.8) is 0 Å². The highest BCUT2D eigenvalue weighted by Crippen LogP contribution is 2.24. The number of hydrogen-bond donors (Lipinski definition) is 2. The van der Waals surface area contributed by atoms with E-state index in [1.807, 2.05) is 42.2 Å². The SMILES string of the molecule is Cc1ccccc1C(=O)N1CCN(C2CC(c3ccccc3)NN2)CC1. The lowest BCUT2D eigenvalue weighted by Gasteiger charge is -2.37. The van der Waals surface area contributed by atoms with Gasteiger partial charge in [0.15, 0.2) is 0 Å². The molecule has 0 aliphatic carbocycles. The van der Waals surface area contributed by atoms with Gasteiger partial charge < -0.3 is 4.90 Å². The van der Waals surface area contributed by atoms with Crippen LogP contribution in [-0.4, -0.2) is 48.1 Å². The second-order valence-electron chi connectivity index (χ2n) is 7.15. The third-order valence-electron chi connectivity index (χ3n) is 5.50. The van der Waals surface area contributed by atoms with Crippen molar-refractivity contribution in [1.29, 1.82) is 0 Å². The van der Waals surface area contributed by atoms with E-state index in [4.69, 9.17) is 0 Å². The summed E-state index contributed by atoms with van der Waals surface area (Å²) >= 11 is 0. The van der Waals surface area contributed by atoms with E-state index in [-0.39, 0.29) is 5.91 Å². The van der Waals surface area contributed by atoms with E-state index < -0.39 is 0 Å². The number of benzene rings is 2. The molecule has 2 aromatic carbocycles. The summed E-state index contributed by atoms with van der Waals surface area (Å²) in [7, 11) is 0. The lowest BCUT2D eigenvalue weighted by Crippen LogP contribution is -2.55. The molecule has 2 unspecified atom stereocenters. The number of rotatable bonds is 3. The van der Waals surface area contributed by atoms with Crippen molar-refractivity contribution in [3.8, 4) is 0 Å². The summed E-state index contributed by atoms with van der Waals surface area (Å²) in [5, 5.41) is 0. The van der Waals surface area contributed by atoms with E-state index in [1.165, 1.54) is 5.56 Å². The molecule has 2 aliphatic rings. The fourth-order valence-corrected chi connectivity index (χ4v) is 3.90. The highest BCUT2D eigenvalue weighted by molar-refractivity contribution is 5.95. The highest BCUT2D eigenvalue weighted by Gasteiger charge is 2.32. The van der Waals surface area contributed by atoms with E-state index in [1.54, 1.807) is 0 Å². The van der Waals surface area contributed by atoms with Crippen LogP contribution in [-0.2, 0) is 0 Å². The van der Waals surface area contributed by atoms with Crippen molar-refractivity contribution in [3.05, 3.63) is 71.3 Å². The van der Waals surface area contributed by atoms with Crippen LogP contribution in [0.2, 0.25) is 0 Å². The summed E-state index contributed by atoms with van der Waals surface area (Å²) in [4.78, 5) is 17.2. The largest absolute Gasteiger partial charge is 0.336 e. The van der Waals surface area contributed by atoms with Crippen molar-refractivity contribution in [2.45, 2.75) is 25.6 Å². The van der Waals surface area contributed by atoms with Gasteiger partial charge in [0.1, 0.15) is 0 Å². The molecule has 2 heterocycles. The Balaban J connectivity index is 1.33. The molecule has 26 heavy (non-hydrogen) atoms. The van der Waals surface area contributed by atoms with Crippen molar-refractivity contribution >= 4 is 5.91 Å². The zero-order chi connectivity index (χ0) is 17.9. The van der Waals surface area contributed by atoms with Crippen molar-refractivity contribution in [2.24, 2.45) is 0 Å². The smallest absolute Gasteiger partial charge is 0.254 e. The fourth-order valence-electron chi connectivity index (χ4n) is 3.90. The van der Waals surface area contributed by atoms with Gasteiger partial charge in [-0.1, -0.05) is 48.5 Å². The molecule has 4 rings (SSSR count). The molecular formula is C21H26N4O. The molecule has 1 amide bonds. The molecule has 0 radical (unpaired) electrons. The Morgan fingerprint density at radius 1 is 0.923 bits per heavy atom. The average Bonchev–Trinajstić information content (AvgIpc) is 3.19. The fraction of sp³-hybridized carbons (Fsp3) is 0.381. The Hall–Kier alpha value is -2.21. The number of nitrogens with zero attached hydrogens (tertiary/aromatic N) is 2. The maximum atomic E-state index is 12.8. The van der Waals surface area contributed by atoms with Gasteiger partial charge in [-0.2, -0.15) is 0 Å². The number of carbonyl (C=O) groups excluding carboxylic acids is 1. The van der Waals surface area contributed by atoms with Crippen LogP contribution in [0, 0.1) is 6.92 Å². The van der Waals surface area contributed by atoms with Crippen LogP contribution in [0.1, 0.15) is 33.9 Å². The van der Waals surface area contributed by atoms with Gasteiger partial charge in [-0.15, -0.1) is 0 Å². The minimum Gasteiger partial charge on any atom is -0.336 e. The van der Waals surface area contributed by atoms with Crippen LogP contribution in [0.25, 0.3) is 0 Å². The molecule has 5 nitrogen and oxygen atoms in total. The summed E-state index contributed by atoms with van der Waals surface area (Å²) in [5.41, 5.74) is 10.0. The molecule has 136 valence electrons. The normalized spacial score (nSPS) is 24.0. The first-order chi connectivity index (χ1) is 12.7. The molecule has 2 N–H and O–H groups in total.